The Hall–Kier alpha value is -2.70. The predicted molar refractivity (Wildman–Crippen MR) is 93.8 cm³/mol. The number of amides is 1. The smallest absolute Gasteiger partial charge is 0.225 e. The van der Waals surface area contributed by atoms with Crippen molar-refractivity contribution in [2.45, 2.75) is 45.2 Å². The lowest BCUT2D eigenvalue weighted by molar-refractivity contribution is -0.135. The van der Waals surface area contributed by atoms with Crippen LogP contribution in [-0.4, -0.2) is 42.5 Å². The van der Waals surface area contributed by atoms with E-state index in [0.29, 0.717) is 13.0 Å². The van der Waals surface area contributed by atoms with Gasteiger partial charge in [-0.3, -0.25) is 9.89 Å². The molecule has 1 N–H and O–H groups in total. The first-order chi connectivity index (χ1) is 12.2. The number of aromatic nitrogens is 5. The molecule has 1 amide bonds. The van der Waals surface area contributed by atoms with Gasteiger partial charge in [-0.1, -0.05) is 17.3 Å². The van der Waals surface area contributed by atoms with Crippen molar-refractivity contribution in [2.75, 3.05) is 6.54 Å². The summed E-state index contributed by atoms with van der Waals surface area (Å²) in [5, 5.41) is 15.5. The van der Waals surface area contributed by atoms with Crippen LogP contribution in [0.4, 0.5) is 0 Å². The lowest BCUT2D eigenvalue weighted by Crippen LogP contribution is -2.39. The maximum absolute atomic E-state index is 12.9. The van der Waals surface area contributed by atoms with Gasteiger partial charge in [-0.15, -0.1) is 5.10 Å². The third-order valence-corrected chi connectivity index (χ3v) is 4.98. The Kier molecular flexibility index (Phi) is 4.21. The molecule has 1 aliphatic rings. The van der Waals surface area contributed by atoms with Crippen molar-refractivity contribution in [3.05, 3.63) is 41.7 Å². The van der Waals surface area contributed by atoms with E-state index in [-0.39, 0.29) is 11.9 Å². The fourth-order valence-electron chi connectivity index (χ4n) is 3.65. The van der Waals surface area contributed by atoms with Crippen LogP contribution in [0.1, 0.15) is 43.0 Å². The molecule has 0 radical (unpaired) electrons. The Balaban J connectivity index is 1.48. The van der Waals surface area contributed by atoms with Gasteiger partial charge in [0, 0.05) is 13.0 Å². The number of nitrogens with one attached hydrogen (secondary N) is 1. The maximum atomic E-state index is 12.9. The van der Waals surface area contributed by atoms with Crippen molar-refractivity contribution in [1.29, 1.82) is 0 Å². The lowest BCUT2D eigenvalue weighted by atomic mass is 9.97. The summed E-state index contributed by atoms with van der Waals surface area (Å²) < 4.78 is 1.81. The van der Waals surface area contributed by atoms with Crippen molar-refractivity contribution < 1.29 is 4.79 Å². The predicted octanol–water partition coefficient (Wildman–Crippen LogP) is 2.61. The number of hydrogen-bond acceptors (Lipinski definition) is 4. The molecule has 1 atom stereocenters. The number of benzene rings is 1. The fraction of sp³-hybridized carbons (Fsp3) is 0.444. The first kappa shape index (κ1) is 15.8. The van der Waals surface area contributed by atoms with E-state index < -0.39 is 0 Å². The van der Waals surface area contributed by atoms with Gasteiger partial charge >= 0.3 is 0 Å². The number of likely N-dealkylation sites (tertiary alicyclic amines) is 1. The van der Waals surface area contributed by atoms with E-state index in [1.54, 1.807) is 0 Å². The zero-order chi connectivity index (χ0) is 17.2. The van der Waals surface area contributed by atoms with Gasteiger partial charge in [-0.05, 0) is 43.9 Å². The summed E-state index contributed by atoms with van der Waals surface area (Å²) in [4.78, 5) is 14.9. The second-order valence-electron chi connectivity index (χ2n) is 6.62. The molecule has 1 aromatic carbocycles. The molecule has 3 aromatic rings. The van der Waals surface area contributed by atoms with Crippen LogP contribution in [0, 0.1) is 6.92 Å². The minimum atomic E-state index is 0.108. The second-order valence-corrected chi connectivity index (χ2v) is 6.62. The second kappa shape index (κ2) is 6.66. The topological polar surface area (TPSA) is 79.7 Å². The third kappa shape index (κ3) is 3.01. The zero-order valence-corrected chi connectivity index (χ0v) is 14.4. The molecule has 3 heterocycles. The number of nitrogens with zero attached hydrogens (tertiary/aromatic N) is 5. The van der Waals surface area contributed by atoms with Gasteiger partial charge in [-0.25, -0.2) is 4.68 Å². The molecule has 25 heavy (non-hydrogen) atoms. The number of aryl methyl sites for hydroxylation is 2. The Morgan fingerprint density at radius 2 is 2.20 bits per heavy atom. The molecular formula is C18H22N6O. The molecule has 0 aliphatic carbocycles. The van der Waals surface area contributed by atoms with Gasteiger partial charge in [0.2, 0.25) is 5.91 Å². The molecule has 0 spiro atoms. The van der Waals surface area contributed by atoms with Gasteiger partial charge in [0.05, 0.1) is 30.0 Å². The number of aromatic amines is 1. The first-order valence-corrected chi connectivity index (χ1v) is 8.81. The summed E-state index contributed by atoms with van der Waals surface area (Å²) in [5.74, 6) is 0.165. The van der Waals surface area contributed by atoms with E-state index in [2.05, 4.69) is 20.5 Å². The molecule has 2 aromatic heterocycles. The van der Waals surface area contributed by atoms with Gasteiger partial charge in [0.15, 0.2) is 0 Å². The molecule has 1 aliphatic heterocycles. The number of rotatable bonds is 4. The summed E-state index contributed by atoms with van der Waals surface area (Å²) in [5.41, 5.74) is 4.01. The standard InChI is InChI=1S/C18H22N6O/c1-13-12-19-21-18(13)16-8-4-5-10-23(16)17(25)9-11-24-15-7-3-2-6-14(15)20-22-24/h2-3,6-7,12,16H,4-5,8-11H2,1H3,(H,19,21)/t16-/m0/s1. The molecule has 7 heteroatoms. The minimum Gasteiger partial charge on any atom is -0.334 e. The zero-order valence-electron chi connectivity index (χ0n) is 14.4. The number of carbonyl (C=O) groups excluding carboxylic acids is 1. The lowest BCUT2D eigenvalue weighted by Gasteiger charge is -2.35. The van der Waals surface area contributed by atoms with E-state index >= 15 is 0 Å². The molecule has 0 unspecified atom stereocenters. The van der Waals surface area contributed by atoms with Gasteiger partial charge in [0.25, 0.3) is 0 Å². The number of para-hydroxylation sites is 1. The monoisotopic (exact) mass is 338 g/mol. The maximum Gasteiger partial charge on any atom is 0.225 e. The van der Waals surface area contributed by atoms with Crippen LogP contribution in [0.5, 0.6) is 0 Å². The highest BCUT2D eigenvalue weighted by Crippen LogP contribution is 2.31. The Morgan fingerprint density at radius 3 is 3.04 bits per heavy atom. The number of hydrogen-bond donors (Lipinski definition) is 1. The summed E-state index contributed by atoms with van der Waals surface area (Å²) in [7, 11) is 0. The molecule has 1 fully saturated rings. The van der Waals surface area contributed by atoms with Crippen molar-refractivity contribution in [1.82, 2.24) is 30.1 Å². The van der Waals surface area contributed by atoms with Crippen molar-refractivity contribution in [2.24, 2.45) is 0 Å². The third-order valence-electron chi connectivity index (χ3n) is 4.98. The largest absolute Gasteiger partial charge is 0.334 e. The van der Waals surface area contributed by atoms with Gasteiger partial charge in [-0.2, -0.15) is 5.10 Å². The van der Waals surface area contributed by atoms with Crippen molar-refractivity contribution >= 4 is 16.9 Å². The average molecular weight is 338 g/mol. The normalized spacial score (nSPS) is 18.0. The van der Waals surface area contributed by atoms with Gasteiger partial charge in [0.1, 0.15) is 5.52 Å². The SMILES string of the molecule is Cc1cn[nH]c1[C@@H]1CCCCN1C(=O)CCn1nnc2ccccc21. The van der Waals surface area contributed by atoms with Crippen LogP contribution in [0.25, 0.3) is 11.0 Å². The van der Waals surface area contributed by atoms with Crippen LogP contribution < -0.4 is 0 Å². The summed E-state index contributed by atoms with van der Waals surface area (Å²) >= 11 is 0. The number of H-pyrrole nitrogens is 1. The van der Waals surface area contributed by atoms with Crippen LogP contribution in [0.15, 0.2) is 30.5 Å². The number of piperidine rings is 1. The average Bonchev–Trinajstić information content (AvgIpc) is 3.26. The molecular weight excluding hydrogens is 316 g/mol. The highest BCUT2D eigenvalue weighted by Gasteiger charge is 2.29. The van der Waals surface area contributed by atoms with E-state index in [9.17, 15) is 4.79 Å². The molecule has 1 saturated heterocycles. The van der Waals surface area contributed by atoms with Gasteiger partial charge < -0.3 is 4.90 Å². The van der Waals surface area contributed by atoms with Crippen LogP contribution in [0.2, 0.25) is 0 Å². The van der Waals surface area contributed by atoms with E-state index in [1.165, 1.54) is 0 Å². The summed E-state index contributed by atoms with van der Waals surface area (Å²) in [6.45, 7) is 3.39. The number of carbonyl (C=O) groups is 1. The Bertz CT molecular complexity index is 882. The minimum absolute atomic E-state index is 0.108. The highest BCUT2D eigenvalue weighted by molar-refractivity contribution is 5.77. The molecule has 0 bridgehead atoms. The molecule has 7 nitrogen and oxygen atoms in total. The highest BCUT2D eigenvalue weighted by atomic mass is 16.2. The van der Waals surface area contributed by atoms with Crippen molar-refractivity contribution in [3.8, 4) is 0 Å². The van der Waals surface area contributed by atoms with Crippen LogP contribution in [0.3, 0.4) is 0 Å². The number of fused-ring (bicyclic) bond motifs is 1. The summed E-state index contributed by atoms with van der Waals surface area (Å²) in [6, 6.07) is 7.93. The molecule has 130 valence electrons. The van der Waals surface area contributed by atoms with Crippen LogP contribution >= 0.6 is 0 Å². The van der Waals surface area contributed by atoms with E-state index in [0.717, 1.165) is 48.1 Å². The molecule has 0 saturated carbocycles. The molecule has 4 rings (SSSR count). The quantitative estimate of drug-likeness (QED) is 0.793. The Labute approximate surface area is 146 Å². The van der Waals surface area contributed by atoms with Crippen molar-refractivity contribution in [3.63, 3.8) is 0 Å². The van der Waals surface area contributed by atoms with E-state index in [1.807, 2.05) is 47.0 Å². The first-order valence-electron chi connectivity index (χ1n) is 8.81. The Morgan fingerprint density at radius 1 is 1.32 bits per heavy atom. The van der Waals surface area contributed by atoms with Crippen LogP contribution in [-0.2, 0) is 11.3 Å². The van der Waals surface area contributed by atoms with E-state index in [4.69, 9.17) is 0 Å². The fourth-order valence-corrected chi connectivity index (χ4v) is 3.65. The summed E-state index contributed by atoms with van der Waals surface area (Å²) in [6.07, 6.45) is 5.44.